The van der Waals surface area contributed by atoms with Gasteiger partial charge in [0.15, 0.2) is 6.61 Å². The third kappa shape index (κ3) is 6.32. The summed E-state index contributed by atoms with van der Waals surface area (Å²) in [6.45, 7) is 3.34. The minimum absolute atomic E-state index is 0.0504. The van der Waals surface area contributed by atoms with Gasteiger partial charge in [-0.15, -0.1) is 0 Å². The summed E-state index contributed by atoms with van der Waals surface area (Å²) in [4.78, 5) is 41.3. The zero-order valence-electron chi connectivity index (χ0n) is 18.5. The number of hydrogen-bond acceptors (Lipinski definition) is 6. The number of aromatic nitrogens is 2. The smallest absolute Gasteiger partial charge is 0.262 e. The van der Waals surface area contributed by atoms with Crippen molar-refractivity contribution in [3.63, 3.8) is 0 Å². The lowest BCUT2D eigenvalue weighted by Crippen LogP contribution is -2.50. The molecular weight excluding hydrogens is 426 g/mol. The lowest BCUT2D eigenvalue weighted by molar-refractivity contribution is -0.144. The monoisotopic (exact) mass is 455 g/mol. The van der Waals surface area contributed by atoms with E-state index in [1.165, 1.54) is 10.9 Å². The Hall–Kier alpha value is -3.40. The van der Waals surface area contributed by atoms with Gasteiger partial charge >= 0.3 is 0 Å². The number of ether oxygens (including phenoxy) is 2. The minimum Gasteiger partial charge on any atom is -0.484 e. The van der Waals surface area contributed by atoms with Gasteiger partial charge in [0.2, 0.25) is 11.8 Å². The lowest BCUT2D eigenvalue weighted by Gasteiger charge is -2.36. The van der Waals surface area contributed by atoms with Gasteiger partial charge in [0.25, 0.3) is 5.91 Å². The van der Waals surface area contributed by atoms with Crippen LogP contribution in [-0.4, -0.2) is 83.3 Å². The molecule has 0 unspecified atom stereocenters. The van der Waals surface area contributed by atoms with Crippen LogP contribution in [0, 0.1) is 5.92 Å². The third-order valence-electron chi connectivity index (χ3n) is 5.77. The normalized spacial score (nSPS) is 18.6. The zero-order chi connectivity index (χ0) is 23.0. The minimum atomic E-state index is -0.315. The molecule has 0 spiro atoms. The van der Waals surface area contributed by atoms with E-state index in [1.54, 1.807) is 23.2 Å². The Morgan fingerprint density at radius 1 is 1.09 bits per heavy atom. The first-order valence-electron chi connectivity index (χ1n) is 11.2. The van der Waals surface area contributed by atoms with Gasteiger partial charge in [0.1, 0.15) is 12.3 Å². The van der Waals surface area contributed by atoms with Crippen LogP contribution in [0.15, 0.2) is 42.7 Å². The van der Waals surface area contributed by atoms with Crippen LogP contribution >= 0.6 is 0 Å². The summed E-state index contributed by atoms with van der Waals surface area (Å²) in [5.41, 5.74) is 0.489. The predicted octanol–water partition coefficient (Wildman–Crippen LogP) is 0.998. The highest BCUT2D eigenvalue weighted by Gasteiger charge is 2.31. The molecule has 1 atom stereocenters. The first-order chi connectivity index (χ1) is 16.1. The first-order valence-corrected chi connectivity index (χ1v) is 11.2. The number of piperidine rings is 1. The first kappa shape index (κ1) is 22.8. The summed E-state index contributed by atoms with van der Waals surface area (Å²) in [6, 6.07) is 9.08. The van der Waals surface area contributed by atoms with Crippen molar-refractivity contribution in [1.29, 1.82) is 0 Å². The molecule has 10 heteroatoms. The number of nitrogens with one attached hydrogen (secondary N) is 1. The van der Waals surface area contributed by atoms with Crippen molar-refractivity contribution < 1.29 is 23.9 Å². The zero-order valence-corrected chi connectivity index (χ0v) is 18.5. The Kier molecular flexibility index (Phi) is 7.56. The van der Waals surface area contributed by atoms with Gasteiger partial charge in [-0.2, -0.15) is 5.10 Å². The van der Waals surface area contributed by atoms with E-state index in [9.17, 15) is 14.4 Å². The van der Waals surface area contributed by atoms with E-state index in [2.05, 4.69) is 10.4 Å². The van der Waals surface area contributed by atoms with Gasteiger partial charge in [-0.1, -0.05) is 18.2 Å². The van der Waals surface area contributed by atoms with Crippen LogP contribution in [0.5, 0.6) is 5.75 Å². The van der Waals surface area contributed by atoms with Crippen LogP contribution in [0.1, 0.15) is 12.8 Å². The average molecular weight is 456 g/mol. The van der Waals surface area contributed by atoms with E-state index in [0.29, 0.717) is 50.8 Å². The summed E-state index contributed by atoms with van der Waals surface area (Å²) in [7, 11) is 0. The van der Waals surface area contributed by atoms with Gasteiger partial charge in [-0.3, -0.25) is 19.1 Å². The van der Waals surface area contributed by atoms with Crippen molar-refractivity contribution in [2.75, 3.05) is 51.3 Å². The number of rotatable bonds is 7. The van der Waals surface area contributed by atoms with Crippen LogP contribution < -0.4 is 10.1 Å². The van der Waals surface area contributed by atoms with Gasteiger partial charge in [-0.05, 0) is 25.0 Å². The van der Waals surface area contributed by atoms with Gasteiger partial charge in [0, 0.05) is 32.4 Å². The number of likely N-dealkylation sites (tertiary alicyclic amines) is 1. The second kappa shape index (κ2) is 11.0. The Bertz CT molecular complexity index is 957. The summed E-state index contributed by atoms with van der Waals surface area (Å²) in [5, 5.41) is 6.89. The van der Waals surface area contributed by atoms with Crippen LogP contribution in [0.4, 0.5) is 5.69 Å². The maximum atomic E-state index is 12.8. The Morgan fingerprint density at radius 3 is 2.67 bits per heavy atom. The second-order valence-corrected chi connectivity index (χ2v) is 8.19. The molecule has 1 aromatic heterocycles. The van der Waals surface area contributed by atoms with E-state index in [0.717, 1.165) is 12.8 Å². The molecule has 10 nitrogen and oxygen atoms in total. The Morgan fingerprint density at radius 2 is 1.88 bits per heavy atom. The number of hydrogen-bond donors (Lipinski definition) is 1. The van der Waals surface area contributed by atoms with Crippen LogP contribution in [0.25, 0.3) is 0 Å². The number of amides is 3. The average Bonchev–Trinajstić information content (AvgIpc) is 3.30. The van der Waals surface area contributed by atoms with E-state index < -0.39 is 0 Å². The lowest BCUT2D eigenvalue weighted by atomic mass is 9.96. The van der Waals surface area contributed by atoms with Crippen LogP contribution in [0.2, 0.25) is 0 Å². The van der Waals surface area contributed by atoms with E-state index >= 15 is 0 Å². The van der Waals surface area contributed by atoms with Crippen molar-refractivity contribution >= 4 is 23.4 Å². The van der Waals surface area contributed by atoms with Crippen LogP contribution in [0.3, 0.4) is 0 Å². The van der Waals surface area contributed by atoms with E-state index in [1.807, 2.05) is 23.1 Å². The van der Waals surface area contributed by atoms with E-state index in [4.69, 9.17) is 9.47 Å². The van der Waals surface area contributed by atoms with Crippen molar-refractivity contribution in [1.82, 2.24) is 19.6 Å². The molecule has 3 heterocycles. The molecule has 1 aromatic carbocycles. The number of carbonyl (C=O) groups excluding carboxylic acids is 3. The topological polar surface area (TPSA) is 106 Å². The molecule has 1 N–H and O–H groups in total. The van der Waals surface area contributed by atoms with E-state index in [-0.39, 0.29) is 36.8 Å². The fourth-order valence-corrected chi connectivity index (χ4v) is 4.06. The molecule has 176 valence electrons. The number of para-hydroxylation sites is 1. The van der Waals surface area contributed by atoms with Crippen LogP contribution in [-0.2, 0) is 25.7 Å². The molecule has 0 bridgehead atoms. The van der Waals surface area contributed by atoms with Crippen molar-refractivity contribution in [3.8, 4) is 5.75 Å². The van der Waals surface area contributed by atoms with Crippen molar-refractivity contribution in [3.05, 3.63) is 42.7 Å². The molecule has 2 fully saturated rings. The summed E-state index contributed by atoms with van der Waals surface area (Å²) in [6.07, 6.45) is 4.70. The molecule has 0 saturated carbocycles. The SMILES string of the molecule is O=C(COc1ccccc1)Nc1cnn(CC(=O)N2CCC[C@H](C(=O)N3CCOCC3)C2)c1. The van der Waals surface area contributed by atoms with Gasteiger partial charge in [0.05, 0.1) is 31.0 Å². The number of nitrogens with zero attached hydrogens (tertiary/aromatic N) is 4. The third-order valence-corrected chi connectivity index (χ3v) is 5.77. The number of anilines is 1. The molecule has 33 heavy (non-hydrogen) atoms. The highest BCUT2D eigenvalue weighted by Crippen LogP contribution is 2.20. The molecular formula is C23H29N5O5. The predicted molar refractivity (Wildman–Crippen MR) is 119 cm³/mol. The fraction of sp³-hybridized carbons (Fsp3) is 0.478. The standard InChI is InChI=1S/C23H29N5O5/c29-21(17-33-20-6-2-1-3-7-20)25-19-13-24-28(15-19)16-22(30)27-8-4-5-18(14-27)23(31)26-9-11-32-12-10-26/h1-3,6-7,13,15,18H,4-5,8-12,14,16-17H2,(H,25,29)/t18-/m0/s1. The summed E-state index contributed by atoms with van der Waals surface area (Å²) in [5.74, 6) is 0.143. The largest absolute Gasteiger partial charge is 0.484 e. The fourth-order valence-electron chi connectivity index (χ4n) is 4.06. The molecule has 0 radical (unpaired) electrons. The van der Waals surface area contributed by atoms with Gasteiger partial charge < -0.3 is 24.6 Å². The number of carbonyl (C=O) groups is 3. The Labute approximate surface area is 192 Å². The van der Waals surface area contributed by atoms with Crippen molar-refractivity contribution in [2.24, 2.45) is 5.92 Å². The highest BCUT2D eigenvalue weighted by atomic mass is 16.5. The molecule has 4 rings (SSSR count). The quantitative estimate of drug-likeness (QED) is 0.668. The molecule has 3 amide bonds. The van der Waals surface area contributed by atoms with Gasteiger partial charge in [-0.25, -0.2) is 0 Å². The molecule has 2 aliphatic heterocycles. The maximum Gasteiger partial charge on any atom is 0.262 e. The summed E-state index contributed by atoms with van der Waals surface area (Å²) >= 11 is 0. The molecule has 2 aromatic rings. The maximum absolute atomic E-state index is 12.8. The molecule has 2 saturated heterocycles. The number of morpholine rings is 1. The second-order valence-electron chi connectivity index (χ2n) is 8.19. The molecule has 0 aliphatic carbocycles. The molecule has 2 aliphatic rings. The van der Waals surface area contributed by atoms with Crippen molar-refractivity contribution in [2.45, 2.75) is 19.4 Å². The summed E-state index contributed by atoms with van der Waals surface area (Å²) < 4.78 is 12.2. The number of benzene rings is 1. The Balaban J connectivity index is 1.24. The highest BCUT2D eigenvalue weighted by molar-refractivity contribution is 5.91.